The number of alkyl halides is 2. The van der Waals surface area contributed by atoms with Crippen molar-refractivity contribution in [2.24, 2.45) is 5.92 Å². The molecule has 0 fully saturated rings. The maximum absolute atomic E-state index is 12.3. The van der Waals surface area contributed by atoms with E-state index in [1.807, 2.05) is 13.8 Å². The second-order valence-electron chi connectivity index (χ2n) is 4.55. The summed E-state index contributed by atoms with van der Waals surface area (Å²) in [4.78, 5) is 10.5. The Morgan fingerprint density at radius 3 is 2.65 bits per heavy atom. The largest absolute Gasteiger partial charge is 0.434 e. The number of nitrogens with zero attached hydrogens (tertiary/aromatic N) is 1. The van der Waals surface area contributed by atoms with Gasteiger partial charge < -0.3 is 4.74 Å². The average Bonchev–Trinajstić information content (AvgIpc) is 2.30. The van der Waals surface area contributed by atoms with Gasteiger partial charge in [-0.05, 0) is 24.1 Å². The number of hydrogen-bond acceptors (Lipinski definition) is 3. The molecule has 1 aromatic carbocycles. The Bertz CT molecular complexity index is 518. The van der Waals surface area contributed by atoms with Gasteiger partial charge in [0.25, 0.3) is 0 Å². The van der Waals surface area contributed by atoms with E-state index in [-0.39, 0.29) is 29.3 Å². The molecule has 0 unspecified atom stereocenters. The second-order valence-corrected chi connectivity index (χ2v) is 5.47. The Hall–Kier alpha value is -1.50. The topological polar surface area (TPSA) is 52.4 Å². The van der Waals surface area contributed by atoms with Crippen molar-refractivity contribution in [2.45, 2.75) is 26.9 Å². The Morgan fingerprint density at radius 1 is 1.50 bits per heavy atom. The molecular formula is C13H14BrF2NO3. The Balaban J connectivity index is 3.20. The van der Waals surface area contributed by atoms with Crippen molar-refractivity contribution in [2.75, 3.05) is 0 Å². The highest BCUT2D eigenvalue weighted by Crippen LogP contribution is 2.28. The monoisotopic (exact) mass is 349 g/mol. The van der Waals surface area contributed by atoms with Crippen LogP contribution in [0.25, 0.3) is 6.08 Å². The van der Waals surface area contributed by atoms with Gasteiger partial charge in [-0.2, -0.15) is 8.78 Å². The summed E-state index contributed by atoms with van der Waals surface area (Å²) in [6.45, 7) is 0.705. The Kier molecular flexibility index (Phi) is 6.06. The number of ether oxygens (including phenoxy) is 1. The maximum Gasteiger partial charge on any atom is 0.387 e. The molecule has 0 atom stereocenters. The summed E-state index contributed by atoms with van der Waals surface area (Å²) in [6.07, 6.45) is 1.51. The third-order valence-electron chi connectivity index (χ3n) is 2.36. The lowest BCUT2D eigenvalue weighted by Gasteiger charge is -2.09. The molecule has 0 bridgehead atoms. The van der Waals surface area contributed by atoms with Crippen molar-refractivity contribution in [1.29, 1.82) is 0 Å². The van der Waals surface area contributed by atoms with Gasteiger partial charge in [-0.15, -0.1) is 0 Å². The van der Waals surface area contributed by atoms with E-state index in [9.17, 15) is 18.9 Å². The fraction of sp³-hybridized carbons (Fsp3) is 0.385. The van der Waals surface area contributed by atoms with Crippen LogP contribution in [-0.4, -0.2) is 11.5 Å². The summed E-state index contributed by atoms with van der Waals surface area (Å²) in [6, 6.07) is 4.37. The molecule has 0 saturated carbocycles. The molecule has 0 aliphatic rings. The van der Waals surface area contributed by atoms with Crippen LogP contribution in [0.2, 0.25) is 0 Å². The summed E-state index contributed by atoms with van der Waals surface area (Å²) >= 11 is 3.20. The lowest BCUT2D eigenvalue weighted by atomic mass is 10.1. The molecule has 110 valence electrons. The average molecular weight is 350 g/mol. The molecule has 0 N–H and O–H groups in total. The van der Waals surface area contributed by atoms with E-state index in [0.29, 0.717) is 4.47 Å². The van der Waals surface area contributed by atoms with Crippen LogP contribution in [0.5, 0.6) is 5.75 Å². The van der Waals surface area contributed by atoms with E-state index in [1.165, 1.54) is 24.3 Å². The summed E-state index contributed by atoms with van der Waals surface area (Å²) in [7, 11) is 0. The SMILES string of the molecule is CC(C)CC(=Cc1cc(Br)ccc1OC(F)F)[N+](=O)[O-]. The van der Waals surface area contributed by atoms with E-state index in [2.05, 4.69) is 20.7 Å². The van der Waals surface area contributed by atoms with Crippen molar-refractivity contribution in [3.8, 4) is 5.75 Å². The fourth-order valence-electron chi connectivity index (χ4n) is 1.62. The van der Waals surface area contributed by atoms with E-state index in [4.69, 9.17) is 0 Å². The van der Waals surface area contributed by atoms with Gasteiger partial charge >= 0.3 is 6.61 Å². The van der Waals surface area contributed by atoms with Crippen LogP contribution in [0.4, 0.5) is 8.78 Å². The lowest BCUT2D eigenvalue weighted by Crippen LogP contribution is -2.05. The Labute approximate surface area is 123 Å². The van der Waals surface area contributed by atoms with Gasteiger partial charge in [0.15, 0.2) is 0 Å². The highest BCUT2D eigenvalue weighted by Gasteiger charge is 2.16. The fourth-order valence-corrected chi connectivity index (χ4v) is 2.00. The van der Waals surface area contributed by atoms with E-state index >= 15 is 0 Å². The highest BCUT2D eigenvalue weighted by atomic mass is 79.9. The molecule has 0 heterocycles. The highest BCUT2D eigenvalue weighted by molar-refractivity contribution is 9.10. The minimum absolute atomic E-state index is 0.0442. The lowest BCUT2D eigenvalue weighted by molar-refractivity contribution is -0.427. The third kappa shape index (κ3) is 5.24. The zero-order valence-corrected chi connectivity index (χ0v) is 12.6. The van der Waals surface area contributed by atoms with Crippen LogP contribution < -0.4 is 4.74 Å². The normalized spacial score (nSPS) is 12.1. The van der Waals surface area contributed by atoms with Crippen molar-refractivity contribution in [3.63, 3.8) is 0 Å². The van der Waals surface area contributed by atoms with Gasteiger partial charge in [0.1, 0.15) is 5.75 Å². The number of allylic oxidation sites excluding steroid dienone is 1. The van der Waals surface area contributed by atoms with Crippen LogP contribution in [0.1, 0.15) is 25.8 Å². The van der Waals surface area contributed by atoms with Gasteiger partial charge in [0.2, 0.25) is 5.70 Å². The van der Waals surface area contributed by atoms with Gasteiger partial charge in [-0.25, -0.2) is 0 Å². The van der Waals surface area contributed by atoms with E-state index in [1.54, 1.807) is 0 Å². The first-order chi connectivity index (χ1) is 9.29. The third-order valence-corrected chi connectivity index (χ3v) is 2.86. The van der Waals surface area contributed by atoms with Gasteiger partial charge in [-0.3, -0.25) is 10.1 Å². The standard InChI is InChI=1S/C13H14BrF2NO3/c1-8(2)5-11(17(18)19)7-9-6-10(14)3-4-12(9)20-13(15)16/h3-4,6-8,13H,5H2,1-2H3. The summed E-state index contributed by atoms with van der Waals surface area (Å²) in [5.41, 5.74) is 0.198. The maximum atomic E-state index is 12.3. The number of hydrogen-bond donors (Lipinski definition) is 0. The van der Waals surface area contributed by atoms with Crippen LogP contribution in [-0.2, 0) is 0 Å². The van der Waals surface area contributed by atoms with Crippen molar-refractivity contribution in [3.05, 3.63) is 44.0 Å². The zero-order valence-electron chi connectivity index (χ0n) is 11.0. The molecule has 1 aromatic rings. The van der Waals surface area contributed by atoms with Crippen LogP contribution in [0.15, 0.2) is 28.4 Å². The molecular weight excluding hydrogens is 336 g/mol. The minimum Gasteiger partial charge on any atom is -0.434 e. The van der Waals surface area contributed by atoms with Gasteiger partial charge in [0, 0.05) is 22.5 Å². The van der Waals surface area contributed by atoms with Crippen molar-refractivity contribution < 1.29 is 18.4 Å². The zero-order chi connectivity index (χ0) is 15.3. The van der Waals surface area contributed by atoms with Crippen molar-refractivity contribution >= 4 is 22.0 Å². The molecule has 7 heteroatoms. The first kappa shape index (κ1) is 16.6. The molecule has 0 radical (unpaired) electrons. The Morgan fingerprint density at radius 2 is 2.15 bits per heavy atom. The number of nitro groups is 1. The molecule has 0 aromatic heterocycles. The molecule has 20 heavy (non-hydrogen) atoms. The first-order valence-corrected chi connectivity index (χ1v) is 6.68. The summed E-state index contributed by atoms with van der Waals surface area (Å²) in [5, 5.41) is 11.0. The molecule has 0 aliphatic carbocycles. The number of benzene rings is 1. The smallest absolute Gasteiger partial charge is 0.387 e. The van der Waals surface area contributed by atoms with Crippen LogP contribution in [0.3, 0.4) is 0 Å². The van der Waals surface area contributed by atoms with E-state index in [0.717, 1.165) is 0 Å². The number of halogens is 3. The van der Waals surface area contributed by atoms with Crippen LogP contribution >= 0.6 is 15.9 Å². The quantitative estimate of drug-likeness (QED) is 0.551. The summed E-state index contributed by atoms with van der Waals surface area (Å²) < 4.78 is 29.6. The number of rotatable bonds is 6. The van der Waals surface area contributed by atoms with E-state index < -0.39 is 11.5 Å². The van der Waals surface area contributed by atoms with Crippen molar-refractivity contribution in [1.82, 2.24) is 0 Å². The molecule has 0 spiro atoms. The predicted octanol–water partition coefficient (Wildman–Crippen LogP) is 4.71. The minimum atomic E-state index is -2.98. The van der Waals surface area contributed by atoms with Gasteiger partial charge in [0.05, 0.1) is 4.92 Å². The molecule has 1 rings (SSSR count). The molecule has 0 amide bonds. The molecule has 4 nitrogen and oxygen atoms in total. The van der Waals surface area contributed by atoms with Gasteiger partial charge in [-0.1, -0.05) is 29.8 Å². The van der Waals surface area contributed by atoms with Crippen LogP contribution in [0, 0.1) is 16.0 Å². The predicted molar refractivity (Wildman–Crippen MR) is 75.2 cm³/mol. The molecule has 0 saturated heterocycles. The summed E-state index contributed by atoms with van der Waals surface area (Å²) in [5.74, 6) is -0.00965. The first-order valence-electron chi connectivity index (χ1n) is 5.89. The second kappa shape index (κ2) is 7.33. The molecule has 0 aliphatic heterocycles.